The molecular formula is C18H19N5O2S. The quantitative estimate of drug-likeness (QED) is 0.694. The first-order chi connectivity index (χ1) is 12.4. The van der Waals surface area contributed by atoms with Gasteiger partial charge in [-0.3, -0.25) is 4.90 Å². The second-order valence-electron chi connectivity index (χ2n) is 6.93. The van der Waals surface area contributed by atoms with Gasteiger partial charge in [-0.25, -0.2) is 14.8 Å². The molecule has 1 aliphatic heterocycles. The first kappa shape index (κ1) is 16.8. The van der Waals surface area contributed by atoms with Crippen LogP contribution in [0.2, 0.25) is 0 Å². The number of fused-ring (bicyclic) bond motifs is 3. The lowest BCUT2D eigenvalue weighted by atomic mass is 10.1. The van der Waals surface area contributed by atoms with Crippen LogP contribution in [0.1, 0.15) is 20.8 Å². The summed E-state index contributed by atoms with van der Waals surface area (Å²) in [4.78, 5) is 23.0. The number of aliphatic hydroxyl groups is 1. The fourth-order valence-corrected chi connectivity index (χ4v) is 4.20. The molecule has 1 saturated heterocycles. The molecule has 26 heavy (non-hydrogen) atoms. The summed E-state index contributed by atoms with van der Waals surface area (Å²) in [5.41, 5.74) is 1.59. The highest BCUT2D eigenvalue weighted by Gasteiger charge is 2.33. The van der Waals surface area contributed by atoms with Crippen LogP contribution in [-0.2, 0) is 6.54 Å². The predicted molar refractivity (Wildman–Crippen MR) is 102 cm³/mol. The van der Waals surface area contributed by atoms with Crippen LogP contribution in [0, 0.1) is 11.8 Å². The number of nitrogens with zero attached hydrogens (tertiary/aromatic N) is 4. The number of imidazole rings is 1. The largest absolute Gasteiger partial charge is 0.389 e. The third-order valence-corrected chi connectivity index (χ3v) is 5.20. The molecule has 2 amide bonds. The number of amides is 2. The third-order valence-electron chi connectivity index (χ3n) is 4.18. The van der Waals surface area contributed by atoms with Gasteiger partial charge in [0, 0.05) is 0 Å². The lowest BCUT2D eigenvalue weighted by Crippen LogP contribution is -2.33. The van der Waals surface area contributed by atoms with E-state index in [4.69, 9.17) is 4.98 Å². The Morgan fingerprint density at radius 1 is 1.46 bits per heavy atom. The van der Waals surface area contributed by atoms with E-state index in [0.717, 1.165) is 21.3 Å². The number of anilines is 1. The van der Waals surface area contributed by atoms with E-state index in [1.54, 1.807) is 32.0 Å². The Hall–Kier alpha value is -2.63. The Balaban J connectivity index is 1.86. The Morgan fingerprint density at radius 3 is 3.00 bits per heavy atom. The van der Waals surface area contributed by atoms with E-state index in [9.17, 15) is 9.90 Å². The van der Waals surface area contributed by atoms with Gasteiger partial charge in [-0.15, -0.1) is 5.92 Å². The summed E-state index contributed by atoms with van der Waals surface area (Å²) < 4.78 is 2.88. The summed E-state index contributed by atoms with van der Waals surface area (Å²) in [5.74, 6) is 5.93. The van der Waals surface area contributed by atoms with Crippen molar-refractivity contribution in [1.82, 2.24) is 19.9 Å². The number of rotatable bonds is 3. The van der Waals surface area contributed by atoms with Gasteiger partial charge in [0.1, 0.15) is 11.6 Å². The summed E-state index contributed by atoms with van der Waals surface area (Å²) in [6, 6.07) is 3.51. The zero-order chi connectivity index (χ0) is 18.5. The Bertz CT molecular complexity index is 1070. The standard InChI is InChI=1S/C18H19N5O2S/c1-4-5-11-8-19-16(24)23(11)17-21-14-13(26-17)7-6-12-15(14)22(10-20-12)9-18(2,3)25/h6-7,10-11,25H,8-9H2,1-3H3,(H,19,24)/t11-/m1/s1. The van der Waals surface area contributed by atoms with Gasteiger partial charge < -0.3 is 15.0 Å². The molecule has 1 aliphatic rings. The number of aromatic nitrogens is 3. The minimum atomic E-state index is -0.870. The van der Waals surface area contributed by atoms with Gasteiger partial charge in [0.2, 0.25) is 0 Å². The molecule has 1 atom stereocenters. The highest BCUT2D eigenvalue weighted by molar-refractivity contribution is 7.22. The molecule has 0 saturated carbocycles. The molecule has 0 spiro atoms. The van der Waals surface area contributed by atoms with Crippen molar-refractivity contribution >= 4 is 43.7 Å². The van der Waals surface area contributed by atoms with Gasteiger partial charge in [0.05, 0.1) is 40.8 Å². The van der Waals surface area contributed by atoms with Gasteiger partial charge in [-0.1, -0.05) is 17.3 Å². The third kappa shape index (κ3) is 2.79. The van der Waals surface area contributed by atoms with Crippen molar-refractivity contribution in [3.63, 3.8) is 0 Å². The van der Waals surface area contributed by atoms with Crippen molar-refractivity contribution in [1.29, 1.82) is 0 Å². The molecular weight excluding hydrogens is 350 g/mol. The topological polar surface area (TPSA) is 83.3 Å². The first-order valence-corrected chi connectivity index (χ1v) is 9.15. The highest BCUT2D eigenvalue weighted by Crippen LogP contribution is 2.35. The smallest absolute Gasteiger partial charge is 0.324 e. The fraction of sp³-hybridized carbons (Fsp3) is 0.389. The van der Waals surface area contributed by atoms with Crippen LogP contribution in [-0.4, -0.2) is 43.9 Å². The minimum Gasteiger partial charge on any atom is -0.389 e. The molecule has 4 rings (SSSR count). The number of carbonyl (C=O) groups is 1. The molecule has 0 bridgehead atoms. The van der Waals surface area contributed by atoms with Crippen LogP contribution in [0.5, 0.6) is 0 Å². The molecule has 1 fully saturated rings. The fourth-order valence-electron chi connectivity index (χ4n) is 3.18. The zero-order valence-corrected chi connectivity index (χ0v) is 15.6. The van der Waals surface area contributed by atoms with Crippen molar-refractivity contribution in [3.05, 3.63) is 18.5 Å². The van der Waals surface area contributed by atoms with Gasteiger partial charge in [0.25, 0.3) is 0 Å². The summed E-state index contributed by atoms with van der Waals surface area (Å²) in [6.45, 7) is 6.17. The Labute approximate surface area is 154 Å². The van der Waals surface area contributed by atoms with Crippen molar-refractivity contribution < 1.29 is 9.90 Å². The zero-order valence-electron chi connectivity index (χ0n) is 14.8. The number of hydrogen-bond acceptors (Lipinski definition) is 5. The van der Waals surface area contributed by atoms with E-state index in [1.165, 1.54) is 11.3 Å². The molecule has 0 radical (unpaired) electrons. The van der Waals surface area contributed by atoms with Crippen molar-refractivity contribution in [2.45, 2.75) is 39.0 Å². The Kier molecular flexibility index (Phi) is 3.86. The number of hydrogen-bond donors (Lipinski definition) is 2. The number of nitrogens with one attached hydrogen (secondary N) is 1. The molecule has 0 unspecified atom stereocenters. The lowest BCUT2D eigenvalue weighted by Gasteiger charge is -2.18. The maximum absolute atomic E-state index is 12.3. The summed E-state index contributed by atoms with van der Waals surface area (Å²) in [6.07, 6.45) is 1.72. The SMILES string of the molecule is CC#C[C@@H]1CNC(=O)N1c1nc2c(ccc3ncn(CC(C)(C)O)c32)s1. The monoisotopic (exact) mass is 369 g/mol. The molecule has 2 N–H and O–H groups in total. The van der Waals surface area contributed by atoms with E-state index < -0.39 is 5.60 Å². The molecule has 0 aliphatic carbocycles. The van der Waals surface area contributed by atoms with E-state index >= 15 is 0 Å². The van der Waals surface area contributed by atoms with Crippen LogP contribution in [0.15, 0.2) is 18.5 Å². The molecule has 1 aromatic carbocycles. The second-order valence-corrected chi connectivity index (χ2v) is 7.94. The molecule has 7 nitrogen and oxygen atoms in total. The van der Waals surface area contributed by atoms with Crippen LogP contribution < -0.4 is 10.2 Å². The van der Waals surface area contributed by atoms with E-state index in [-0.39, 0.29) is 12.1 Å². The van der Waals surface area contributed by atoms with Crippen LogP contribution in [0.3, 0.4) is 0 Å². The number of thiazole rings is 1. The van der Waals surface area contributed by atoms with Gasteiger partial charge in [-0.05, 0) is 32.9 Å². The summed E-state index contributed by atoms with van der Waals surface area (Å²) >= 11 is 1.46. The maximum atomic E-state index is 12.3. The maximum Gasteiger partial charge on any atom is 0.324 e. The highest BCUT2D eigenvalue weighted by atomic mass is 32.1. The van der Waals surface area contributed by atoms with E-state index in [1.807, 2.05) is 16.7 Å². The molecule has 3 aromatic rings. The molecule has 2 aromatic heterocycles. The molecule has 3 heterocycles. The number of carbonyl (C=O) groups excluding carboxylic acids is 1. The van der Waals surface area contributed by atoms with Crippen molar-refractivity contribution in [2.75, 3.05) is 11.4 Å². The summed E-state index contributed by atoms with van der Waals surface area (Å²) in [7, 11) is 0. The molecule has 134 valence electrons. The Morgan fingerprint density at radius 2 is 2.27 bits per heavy atom. The molecule has 8 heteroatoms. The van der Waals surface area contributed by atoms with Crippen LogP contribution >= 0.6 is 11.3 Å². The van der Waals surface area contributed by atoms with Gasteiger partial charge in [-0.2, -0.15) is 0 Å². The second kappa shape index (κ2) is 5.97. The normalized spacial score (nSPS) is 17.6. The minimum absolute atomic E-state index is 0.182. The van der Waals surface area contributed by atoms with Crippen LogP contribution in [0.4, 0.5) is 9.93 Å². The van der Waals surface area contributed by atoms with E-state index in [2.05, 4.69) is 22.1 Å². The number of urea groups is 1. The average molecular weight is 369 g/mol. The lowest BCUT2D eigenvalue weighted by molar-refractivity contribution is 0.0627. The summed E-state index contributed by atoms with van der Waals surface area (Å²) in [5, 5.41) is 13.6. The van der Waals surface area contributed by atoms with Crippen molar-refractivity contribution in [3.8, 4) is 11.8 Å². The predicted octanol–water partition coefficient (Wildman–Crippen LogP) is 2.34. The van der Waals surface area contributed by atoms with Crippen LogP contribution in [0.25, 0.3) is 21.3 Å². The van der Waals surface area contributed by atoms with E-state index in [0.29, 0.717) is 18.2 Å². The van der Waals surface area contributed by atoms with Crippen molar-refractivity contribution in [2.24, 2.45) is 0 Å². The number of benzene rings is 1. The first-order valence-electron chi connectivity index (χ1n) is 8.33. The van der Waals surface area contributed by atoms with Gasteiger partial charge >= 0.3 is 6.03 Å². The average Bonchev–Trinajstić information content (AvgIpc) is 3.23. The van der Waals surface area contributed by atoms with Gasteiger partial charge in [0.15, 0.2) is 5.13 Å².